The van der Waals surface area contributed by atoms with Crippen molar-refractivity contribution in [2.75, 3.05) is 7.05 Å². The molecule has 0 aliphatic carbocycles. The Morgan fingerprint density at radius 3 is 2.21 bits per heavy atom. The minimum Gasteiger partial charge on any atom is -0.309 e. The Morgan fingerprint density at radius 2 is 1.68 bits per heavy atom. The number of rotatable bonds is 3. The first kappa shape index (κ1) is 13.9. The Hall–Kier alpha value is -1.52. The third-order valence-electron chi connectivity index (χ3n) is 2.80. The van der Waals surface area contributed by atoms with E-state index in [-0.39, 0.29) is 16.1 Å². The highest BCUT2D eigenvalue weighted by Gasteiger charge is 2.20. The molecule has 0 saturated heterocycles. The van der Waals surface area contributed by atoms with E-state index >= 15 is 0 Å². The van der Waals surface area contributed by atoms with E-state index < -0.39 is 23.5 Å². The third-order valence-corrected chi connectivity index (χ3v) is 3.12. The molecule has 0 aliphatic heterocycles. The van der Waals surface area contributed by atoms with Gasteiger partial charge in [-0.2, -0.15) is 0 Å². The van der Waals surface area contributed by atoms with Crippen molar-refractivity contribution in [1.82, 2.24) is 5.32 Å². The van der Waals surface area contributed by atoms with Crippen molar-refractivity contribution in [3.8, 4) is 0 Å². The monoisotopic (exact) mass is 285 g/mol. The molecule has 1 N–H and O–H groups in total. The van der Waals surface area contributed by atoms with Gasteiger partial charge in [0.05, 0.1) is 6.04 Å². The smallest absolute Gasteiger partial charge is 0.129 e. The van der Waals surface area contributed by atoms with Gasteiger partial charge in [0.15, 0.2) is 0 Å². The predicted molar refractivity (Wildman–Crippen MR) is 68.7 cm³/mol. The van der Waals surface area contributed by atoms with Gasteiger partial charge in [-0.15, -0.1) is 0 Å². The van der Waals surface area contributed by atoms with Gasteiger partial charge < -0.3 is 5.32 Å². The molecule has 100 valence electrons. The second-order valence-electron chi connectivity index (χ2n) is 4.06. The second-order valence-corrected chi connectivity index (χ2v) is 4.47. The molecule has 1 atom stereocenters. The van der Waals surface area contributed by atoms with E-state index in [1.54, 1.807) is 7.05 Å². The van der Waals surface area contributed by atoms with E-state index in [9.17, 15) is 13.2 Å². The van der Waals surface area contributed by atoms with Gasteiger partial charge in [0.2, 0.25) is 0 Å². The normalized spacial score (nSPS) is 12.5. The first-order valence-corrected chi connectivity index (χ1v) is 5.98. The number of hydrogen-bond donors (Lipinski definition) is 1. The zero-order chi connectivity index (χ0) is 14.0. The summed E-state index contributed by atoms with van der Waals surface area (Å²) >= 11 is 5.96. The molecular weight excluding hydrogens is 275 g/mol. The standard InChI is InChI=1S/C14H11ClF3N/c1-19-14(8-5-9(16)7-10(17)6-8)13-11(15)3-2-4-12(13)18/h2-7,14,19H,1H3. The van der Waals surface area contributed by atoms with Gasteiger partial charge in [-0.25, -0.2) is 13.2 Å². The van der Waals surface area contributed by atoms with Gasteiger partial charge in [-0.05, 0) is 36.9 Å². The molecule has 2 aromatic carbocycles. The summed E-state index contributed by atoms with van der Waals surface area (Å²) in [6.07, 6.45) is 0. The van der Waals surface area contributed by atoms with Crippen LogP contribution in [0.4, 0.5) is 13.2 Å². The molecular formula is C14H11ClF3N. The van der Waals surface area contributed by atoms with Gasteiger partial charge in [0.1, 0.15) is 17.5 Å². The SMILES string of the molecule is CNC(c1cc(F)cc(F)c1)c1c(F)cccc1Cl. The quantitative estimate of drug-likeness (QED) is 0.896. The number of halogens is 4. The topological polar surface area (TPSA) is 12.0 Å². The molecule has 0 aromatic heterocycles. The van der Waals surface area contributed by atoms with Gasteiger partial charge in [-0.3, -0.25) is 0 Å². The van der Waals surface area contributed by atoms with Crippen molar-refractivity contribution in [1.29, 1.82) is 0 Å². The van der Waals surface area contributed by atoms with Crippen molar-refractivity contribution in [3.05, 3.63) is 70.0 Å². The largest absolute Gasteiger partial charge is 0.309 e. The lowest BCUT2D eigenvalue weighted by Crippen LogP contribution is -2.19. The van der Waals surface area contributed by atoms with Crippen molar-refractivity contribution < 1.29 is 13.2 Å². The molecule has 19 heavy (non-hydrogen) atoms. The number of benzene rings is 2. The average molecular weight is 286 g/mol. The Labute approximate surface area is 114 Å². The summed E-state index contributed by atoms with van der Waals surface area (Å²) in [5, 5.41) is 3.01. The van der Waals surface area contributed by atoms with Crippen LogP contribution in [0.1, 0.15) is 17.2 Å². The zero-order valence-electron chi connectivity index (χ0n) is 10.1. The maximum Gasteiger partial charge on any atom is 0.129 e. The molecule has 0 bridgehead atoms. The summed E-state index contributed by atoms with van der Waals surface area (Å²) < 4.78 is 40.4. The van der Waals surface area contributed by atoms with Gasteiger partial charge in [0, 0.05) is 16.7 Å². The number of nitrogens with one attached hydrogen (secondary N) is 1. The van der Waals surface area contributed by atoms with Gasteiger partial charge in [-0.1, -0.05) is 17.7 Å². The van der Waals surface area contributed by atoms with E-state index in [0.29, 0.717) is 0 Å². The lowest BCUT2D eigenvalue weighted by Gasteiger charge is -2.19. The summed E-state index contributed by atoms with van der Waals surface area (Å²) in [6, 6.07) is 6.58. The highest BCUT2D eigenvalue weighted by molar-refractivity contribution is 6.31. The Balaban J connectivity index is 2.56. The lowest BCUT2D eigenvalue weighted by molar-refractivity contribution is 0.556. The van der Waals surface area contributed by atoms with Crippen LogP contribution in [0.25, 0.3) is 0 Å². The molecule has 1 nitrogen and oxygen atoms in total. The summed E-state index contributed by atoms with van der Waals surface area (Å²) in [7, 11) is 1.57. The predicted octanol–water partition coefficient (Wildman–Crippen LogP) is 4.07. The first-order valence-electron chi connectivity index (χ1n) is 5.60. The molecule has 0 aliphatic rings. The average Bonchev–Trinajstić information content (AvgIpc) is 2.32. The summed E-state index contributed by atoms with van der Waals surface area (Å²) in [4.78, 5) is 0. The van der Waals surface area contributed by atoms with Crippen LogP contribution in [0, 0.1) is 17.5 Å². The molecule has 0 saturated carbocycles. The van der Waals surface area contributed by atoms with Crippen LogP contribution in [0.15, 0.2) is 36.4 Å². The molecule has 2 rings (SSSR count). The highest BCUT2D eigenvalue weighted by atomic mass is 35.5. The first-order chi connectivity index (χ1) is 9.02. The van der Waals surface area contributed by atoms with Crippen LogP contribution >= 0.6 is 11.6 Å². The Kier molecular flexibility index (Phi) is 4.12. The van der Waals surface area contributed by atoms with Crippen molar-refractivity contribution in [3.63, 3.8) is 0 Å². The fourth-order valence-corrected chi connectivity index (χ4v) is 2.28. The van der Waals surface area contributed by atoms with Crippen LogP contribution in [0.5, 0.6) is 0 Å². The summed E-state index contributed by atoms with van der Waals surface area (Å²) in [5.41, 5.74) is 0.434. The van der Waals surface area contributed by atoms with Crippen LogP contribution in [-0.2, 0) is 0 Å². The Bertz CT molecular complexity index is 561. The fourth-order valence-electron chi connectivity index (χ4n) is 2.01. The summed E-state index contributed by atoms with van der Waals surface area (Å²) in [5.74, 6) is -1.97. The number of hydrogen-bond acceptors (Lipinski definition) is 1. The Morgan fingerprint density at radius 1 is 1.05 bits per heavy atom. The minimum absolute atomic E-state index is 0.164. The molecule has 5 heteroatoms. The van der Waals surface area contributed by atoms with E-state index in [0.717, 1.165) is 18.2 Å². The minimum atomic E-state index is -0.723. The molecule has 0 heterocycles. The van der Waals surface area contributed by atoms with Gasteiger partial charge in [0.25, 0.3) is 0 Å². The fraction of sp³-hybridized carbons (Fsp3) is 0.143. The third kappa shape index (κ3) is 2.91. The highest BCUT2D eigenvalue weighted by Crippen LogP contribution is 2.31. The van der Waals surface area contributed by atoms with Crippen LogP contribution < -0.4 is 5.32 Å². The van der Waals surface area contributed by atoms with Crippen molar-refractivity contribution in [2.45, 2.75) is 6.04 Å². The molecule has 0 radical (unpaired) electrons. The maximum atomic E-state index is 13.9. The van der Waals surface area contributed by atoms with E-state index in [2.05, 4.69) is 5.32 Å². The maximum absolute atomic E-state index is 13.9. The van der Waals surface area contributed by atoms with Crippen molar-refractivity contribution in [2.24, 2.45) is 0 Å². The molecule has 1 unspecified atom stereocenters. The molecule has 0 amide bonds. The van der Waals surface area contributed by atoms with Crippen LogP contribution in [0.3, 0.4) is 0 Å². The summed E-state index contributed by atoms with van der Waals surface area (Å²) in [6.45, 7) is 0. The molecule has 0 spiro atoms. The van der Waals surface area contributed by atoms with Crippen molar-refractivity contribution >= 4 is 11.6 Å². The van der Waals surface area contributed by atoms with E-state index in [1.807, 2.05) is 0 Å². The van der Waals surface area contributed by atoms with E-state index in [4.69, 9.17) is 11.6 Å². The zero-order valence-corrected chi connectivity index (χ0v) is 10.8. The molecule has 2 aromatic rings. The van der Waals surface area contributed by atoms with Crippen LogP contribution in [0.2, 0.25) is 5.02 Å². The lowest BCUT2D eigenvalue weighted by atomic mass is 9.98. The van der Waals surface area contributed by atoms with E-state index in [1.165, 1.54) is 18.2 Å². The second kappa shape index (κ2) is 5.63. The molecule has 0 fully saturated rings. The van der Waals surface area contributed by atoms with Gasteiger partial charge >= 0.3 is 0 Å². The van der Waals surface area contributed by atoms with Crippen LogP contribution in [-0.4, -0.2) is 7.05 Å².